The van der Waals surface area contributed by atoms with Gasteiger partial charge in [0.05, 0.1) is 16.5 Å². The number of thiol groups is 1. The van der Waals surface area contributed by atoms with Gasteiger partial charge in [-0.2, -0.15) is 12.6 Å². The van der Waals surface area contributed by atoms with Crippen LogP contribution in [0.3, 0.4) is 0 Å². The summed E-state index contributed by atoms with van der Waals surface area (Å²) in [5, 5.41) is 10.5. The second kappa shape index (κ2) is 5.19. The number of halogens is 3. The number of nitrogens with zero attached hydrogens (tertiary/aromatic N) is 1. The number of alkyl halides is 2. The van der Waals surface area contributed by atoms with Gasteiger partial charge in [-0.15, -0.1) is 0 Å². The first-order chi connectivity index (χ1) is 8.75. The summed E-state index contributed by atoms with van der Waals surface area (Å²) < 4.78 is 26.4. The summed E-state index contributed by atoms with van der Waals surface area (Å²) >= 11 is 10.4. The molecular weight excluding hydrogens is 292 g/mol. The highest BCUT2D eigenvalue weighted by atomic mass is 35.5. The average molecular weight is 308 g/mol. The lowest BCUT2D eigenvalue weighted by molar-refractivity contribution is -0.104. The lowest BCUT2D eigenvalue weighted by Gasteiger charge is -2.39. The maximum absolute atomic E-state index is 13.2. The highest BCUT2D eigenvalue weighted by molar-refractivity contribution is 7.80. The van der Waals surface area contributed by atoms with Gasteiger partial charge in [0, 0.05) is 24.1 Å². The van der Waals surface area contributed by atoms with Crippen LogP contribution in [0.25, 0.3) is 0 Å². The van der Waals surface area contributed by atoms with Gasteiger partial charge >= 0.3 is 0 Å². The summed E-state index contributed by atoms with van der Waals surface area (Å²) in [6.07, 6.45) is 0.929. The van der Waals surface area contributed by atoms with E-state index in [2.05, 4.69) is 17.6 Å². The number of aromatic nitrogens is 1. The topological polar surface area (TPSA) is 33.1 Å². The Labute approximate surface area is 121 Å². The first-order valence-corrected chi connectivity index (χ1v) is 7.04. The zero-order chi connectivity index (χ0) is 14.3. The van der Waals surface area contributed by atoms with Crippen LogP contribution >= 0.6 is 24.2 Å². The Morgan fingerprint density at radius 3 is 2.53 bits per heavy atom. The molecule has 1 aliphatic rings. The van der Waals surface area contributed by atoms with E-state index >= 15 is 0 Å². The van der Waals surface area contributed by atoms with Gasteiger partial charge < -0.3 is 5.11 Å². The normalized spacial score (nSPS) is 23.1. The second-order valence-corrected chi connectivity index (χ2v) is 6.09. The molecule has 19 heavy (non-hydrogen) atoms. The quantitative estimate of drug-likeness (QED) is 0.811. The molecule has 1 atom stereocenters. The van der Waals surface area contributed by atoms with Crippen molar-refractivity contribution in [1.29, 1.82) is 0 Å². The second-order valence-electron chi connectivity index (χ2n) is 5.17. The Bertz CT molecular complexity index is 474. The predicted molar refractivity (Wildman–Crippen MR) is 74.1 cm³/mol. The summed E-state index contributed by atoms with van der Waals surface area (Å²) in [4.78, 5) is 4.19. The molecule has 2 rings (SSSR count). The van der Waals surface area contributed by atoms with Gasteiger partial charge in [0.1, 0.15) is 0 Å². The van der Waals surface area contributed by atoms with Crippen LogP contribution in [0.1, 0.15) is 42.2 Å². The molecule has 0 radical (unpaired) electrons. The molecule has 1 fully saturated rings. The molecule has 0 amide bonds. The van der Waals surface area contributed by atoms with Crippen molar-refractivity contribution in [2.75, 3.05) is 0 Å². The zero-order valence-corrected chi connectivity index (χ0v) is 12.2. The first kappa shape index (κ1) is 15.0. The van der Waals surface area contributed by atoms with Crippen LogP contribution in [0, 0.1) is 6.92 Å². The zero-order valence-electron chi connectivity index (χ0n) is 10.5. The van der Waals surface area contributed by atoms with Gasteiger partial charge in [0.15, 0.2) is 0 Å². The van der Waals surface area contributed by atoms with E-state index in [1.54, 1.807) is 13.0 Å². The summed E-state index contributed by atoms with van der Waals surface area (Å²) in [6.45, 7) is 1.79. The van der Waals surface area contributed by atoms with Crippen molar-refractivity contribution in [2.45, 2.75) is 49.4 Å². The number of aliphatic hydroxyl groups is 1. The molecule has 1 heterocycles. The Kier molecular flexibility index (Phi) is 4.10. The van der Waals surface area contributed by atoms with Gasteiger partial charge in [-0.25, -0.2) is 8.78 Å². The van der Waals surface area contributed by atoms with Gasteiger partial charge in [-0.1, -0.05) is 11.6 Å². The molecule has 1 aromatic rings. The fourth-order valence-electron chi connectivity index (χ4n) is 2.38. The molecule has 0 spiro atoms. The number of rotatable bonds is 2. The van der Waals surface area contributed by atoms with E-state index in [-0.39, 0.29) is 25.7 Å². The van der Waals surface area contributed by atoms with E-state index in [0.29, 0.717) is 10.7 Å². The monoisotopic (exact) mass is 307 g/mol. The van der Waals surface area contributed by atoms with Gasteiger partial charge in [0.25, 0.3) is 0 Å². The fraction of sp³-hybridized carbons (Fsp3) is 0.615. The van der Waals surface area contributed by atoms with Crippen LogP contribution in [-0.4, -0.2) is 21.6 Å². The maximum Gasteiger partial charge on any atom is 0.248 e. The minimum atomic E-state index is -2.68. The number of hydrogen-bond acceptors (Lipinski definition) is 3. The molecular formula is C13H16ClF2NOS. The summed E-state index contributed by atoms with van der Waals surface area (Å²) in [5.41, 5.74) is 0.0335. The minimum absolute atomic E-state index is 0.0157. The van der Waals surface area contributed by atoms with E-state index < -0.39 is 16.8 Å². The van der Waals surface area contributed by atoms with Crippen molar-refractivity contribution >= 4 is 24.2 Å². The molecule has 2 nitrogen and oxygen atoms in total. The predicted octanol–water partition coefficient (Wildman–Crippen LogP) is 3.95. The van der Waals surface area contributed by atoms with Crippen LogP contribution in [0.15, 0.2) is 12.3 Å². The van der Waals surface area contributed by atoms with Crippen molar-refractivity contribution < 1.29 is 13.9 Å². The molecule has 106 valence electrons. The SMILES string of the molecule is Cc1c(Cl)ccnc1C(S)C1(O)CCC(F)(F)CC1. The van der Waals surface area contributed by atoms with E-state index in [1.807, 2.05) is 0 Å². The van der Waals surface area contributed by atoms with Crippen molar-refractivity contribution in [2.24, 2.45) is 0 Å². The van der Waals surface area contributed by atoms with Gasteiger partial charge in [-0.3, -0.25) is 4.98 Å². The van der Waals surface area contributed by atoms with E-state index in [9.17, 15) is 13.9 Å². The molecule has 1 N–H and O–H groups in total. The first-order valence-electron chi connectivity index (χ1n) is 6.14. The van der Waals surface area contributed by atoms with Crippen LogP contribution in [0.4, 0.5) is 8.78 Å². The largest absolute Gasteiger partial charge is 0.388 e. The molecule has 1 unspecified atom stereocenters. The smallest absolute Gasteiger partial charge is 0.248 e. The maximum atomic E-state index is 13.2. The Morgan fingerprint density at radius 2 is 1.95 bits per heavy atom. The molecule has 0 saturated heterocycles. The number of hydrogen-bond donors (Lipinski definition) is 2. The molecule has 1 aliphatic carbocycles. The standard InChI is InChI=1S/C13H16ClF2NOS/c1-8-9(14)2-7-17-10(8)11(19)12(18)3-5-13(15,16)6-4-12/h2,7,11,18-19H,3-6H2,1H3. The Morgan fingerprint density at radius 1 is 1.37 bits per heavy atom. The minimum Gasteiger partial charge on any atom is -0.388 e. The van der Waals surface area contributed by atoms with Gasteiger partial charge in [-0.05, 0) is 31.4 Å². The van der Waals surface area contributed by atoms with Crippen molar-refractivity contribution in [3.63, 3.8) is 0 Å². The highest BCUT2D eigenvalue weighted by Crippen LogP contribution is 2.47. The summed E-state index contributed by atoms with van der Waals surface area (Å²) in [6, 6.07) is 1.65. The van der Waals surface area contributed by atoms with Crippen LogP contribution in [-0.2, 0) is 0 Å². The molecule has 1 saturated carbocycles. The van der Waals surface area contributed by atoms with Gasteiger partial charge in [0.2, 0.25) is 5.92 Å². The summed E-state index contributed by atoms with van der Waals surface area (Å²) in [7, 11) is 0. The lowest BCUT2D eigenvalue weighted by Crippen LogP contribution is -2.42. The van der Waals surface area contributed by atoms with Crippen molar-refractivity contribution in [3.05, 3.63) is 28.5 Å². The molecule has 1 aromatic heterocycles. The van der Waals surface area contributed by atoms with Crippen LogP contribution < -0.4 is 0 Å². The molecule has 0 aliphatic heterocycles. The highest BCUT2D eigenvalue weighted by Gasteiger charge is 2.46. The molecule has 0 bridgehead atoms. The third-order valence-electron chi connectivity index (χ3n) is 3.79. The average Bonchev–Trinajstić information content (AvgIpc) is 2.36. The van der Waals surface area contributed by atoms with Crippen LogP contribution in [0.2, 0.25) is 5.02 Å². The van der Waals surface area contributed by atoms with Crippen molar-refractivity contribution in [3.8, 4) is 0 Å². The van der Waals surface area contributed by atoms with E-state index in [1.165, 1.54) is 6.20 Å². The number of pyridine rings is 1. The summed E-state index contributed by atoms with van der Waals surface area (Å²) in [5.74, 6) is -2.68. The Balaban J connectivity index is 2.24. The molecule has 0 aromatic carbocycles. The lowest BCUT2D eigenvalue weighted by atomic mass is 9.79. The Hall–Kier alpha value is -0.390. The fourth-order valence-corrected chi connectivity index (χ4v) is 3.05. The van der Waals surface area contributed by atoms with E-state index in [4.69, 9.17) is 11.6 Å². The third kappa shape index (κ3) is 3.03. The van der Waals surface area contributed by atoms with E-state index in [0.717, 1.165) is 5.56 Å². The third-order valence-corrected chi connectivity index (χ3v) is 4.93. The van der Waals surface area contributed by atoms with Crippen molar-refractivity contribution in [1.82, 2.24) is 4.98 Å². The van der Waals surface area contributed by atoms with Crippen LogP contribution in [0.5, 0.6) is 0 Å². The molecule has 6 heteroatoms.